The van der Waals surface area contributed by atoms with Crippen LogP contribution in [0.2, 0.25) is 5.02 Å². The lowest BCUT2D eigenvalue weighted by atomic mass is 10.1. The van der Waals surface area contributed by atoms with Crippen molar-refractivity contribution in [1.29, 1.82) is 0 Å². The number of rotatable bonds is 2. The van der Waals surface area contributed by atoms with E-state index in [0.29, 0.717) is 17.4 Å². The lowest BCUT2D eigenvalue weighted by molar-refractivity contribution is -0.137. The number of halogens is 1. The highest BCUT2D eigenvalue weighted by molar-refractivity contribution is 6.30. The molecule has 0 spiro atoms. The summed E-state index contributed by atoms with van der Waals surface area (Å²) < 4.78 is 5.41. The predicted octanol–water partition coefficient (Wildman–Crippen LogP) is 1.99. The summed E-state index contributed by atoms with van der Waals surface area (Å²) in [7, 11) is 0. The monoisotopic (exact) mass is 227 g/mol. The molecule has 2 rings (SSSR count). The van der Waals surface area contributed by atoms with Gasteiger partial charge in [0.1, 0.15) is 12.4 Å². The van der Waals surface area contributed by atoms with E-state index in [9.17, 15) is 4.79 Å². The molecule has 5 heteroatoms. The lowest BCUT2D eigenvalue weighted by Crippen LogP contribution is -2.33. The molecule has 0 aliphatic carbocycles. The Morgan fingerprint density at radius 3 is 3.20 bits per heavy atom. The molecular weight excluding hydrogens is 218 g/mol. The van der Waals surface area contributed by atoms with Crippen LogP contribution in [0.15, 0.2) is 18.2 Å². The van der Waals surface area contributed by atoms with Crippen LogP contribution in [0, 0.1) is 0 Å². The molecule has 0 amide bonds. The van der Waals surface area contributed by atoms with E-state index < -0.39 is 5.97 Å². The van der Waals surface area contributed by atoms with Gasteiger partial charge in [-0.3, -0.25) is 4.79 Å². The zero-order valence-electron chi connectivity index (χ0n) is 7.87. The van der Waals surface area contributed by atoms with E-state index in [4.69, 9.17) is 21.4 Å². The first kappa shape index (κ1) is 10.1. The van der Waals surface area contributed by atoms with Crippen LogP contribution in [0.25, 0.3) is 0 Å². The number of carboxylic acids is 1. The smallest absolute Gasteiger partial charge is 0.305 e. The molecule has 1 aliphatic rings. The summed E-state index contributed by atoms with van der Waals surface area (Å²) in [5.41, 5.74) is 0.750. The van der Waals surface area contributed by atoms with E-state index in [1.165, 1.54) is 0 Å². The lowest BCUT2D eigenvalue weighted by Gasteiger charge is -2.26. The summed E-state index contributed by atoms with van der Waals surface area (Å²) in [6.07, 6.45) is 0.0337. The molecule has 0 saturated carbocycles. The Balaban J connectivity index is 2.14. The zero-order chi connectivity index (χ0) is 10.8. The first-order valence-corrected chi connectivity index (χ1v) is 4.93. The Morgan fingerprint density at radius 2 is 2.47 bits per heavy atom. The van der Waals surface area contributed by atoms with E-state index in [2.05, 4.69) is 5.32 Å². The maximum Gasteiger partial charge on any atom is 0.305 e. The van der Waals surface area contributed by atoms with Crippen LogP contribution in [0.1, 0.15) is 6.42 Å². The second-order valence-electron chi connectivity index (χ2n) is 3.39. The molecule has 1 unspecified atom stereocenters. The summed E-state index contributed by atoms with van der Waals surface area (Å²) in [5.74, 6) is -0.136. The minimum Gasteiger partial charge on any atom is -0.489 e. The maximum absolute atomic E-state index is 10.5. The SMILES string of the molecule is O=C(O)CC1COc2ccc(Cl)cc2N1. The minimum atomic E-state index is -0.846. The minimum absolute atomic E-state index is 0.0337. The standard InChI is InChI=1S/C10H10ClNO3/c11-6-1-2-9-8(3-6)12-7(5-15-9)4-10(13)14/h1-3,7,12H,4-5H2,(H,13,14). The molecule has 1 aromatic carbocycles. The second-order valence-corrected chi connectivity index (χ2v) is 3.83. The average molecular weight is 228 g/mol. The van der Waals surface area contributed by atoms with E-state index in [1.54, 1.807) is 18.2 Å². The molecule has 1 heterocycles. The van der Waals surface area contributed by atoms with Gasteiger partial charge in [0.25, 0.3) is 0 Å². The summed E-state index contributed by atoms with van der Waals surface area (Å²) in [5, 5.41) is 12.3. The van der Waals surface area contributed by atoms with Crippen LogP contribution >= 0.6 is 11.6 Å². The summed E-state index contributed by atoms with van der Waals surface area (Å²) in [6, 6.07) is 5.03. The average Bonchev–Trinajstić information content (AvgIpc) is 2.16. The molecule has 0 bridgehead atoms. The van der Waals surface area contributed by atoms with Crippen molar-refractivity contribution in [3.63, 3.8) is 0 Å². The molecule has 0 aromatic heterocycles. The topological polar surface area (TPSA) is 58.6 Å². The van der Waals surface area contributed by atoms with Gasteiger partial charge in [0.15, 0.2) is 0 Å². The highest BCUT2D eigenvalue weighted by Crippen LogP contribution is 2.31. The third-order valence-corrected chi connectivity index (χ3v) is 2.40. The van der Waals surface area contributed by atoms with Crippen molar-refractivity contribution in [2.75, 3.05) is 11.9 Å². The molecule has 2 N–H and O–H groups in total. The van der Waals surface area contributed by atoms with Crippen LogP contribution in [-0.2, 0) is 4.79 Å². The number of hydrogen-bond donors (Lipinski definition) is 2. The van der Waals surface area contributed by atoms with Crippen molar-refractivity contribution in [3.8, 4) is 5.75 Å². The van der Waals surface area contributed by atoms with E-state index >= 15 is 0 Å². The number of nitrogens with one attached hydrogen (secondary N) is 1. The van der Waals surface area contributed by atoms with Crippen molar-refractivity contribution in [2.45, 2.75) is 12.5 Å². The van der Waals surface area contributed by atoms with E-state index in [0.717, 1.165) is 5.69 Å². The first-order valence-electron chi connectivity index (χ1n) is 4.56. The number of ether oxygens (including phenoxy) is 1. The van der Waals surface area contributed by atoms with Gasteiger partial charge in [-0.05, 0) is 18.2 Å². The van der Waals surface area contributed by atoms with Crippen LogP contribution in [0.3, 0.4) is 0 Å². The van der Waals surface area contributed by atoms with E-state index in [1.807, 2.05) is 0 Å². The largest absolute Gasteiger partial charge is 0.489 e. The molecule has 1 aliphatic heterocycles. The number of fused-ring (bicyclic) bond motifs is 1. The van der Waals surface area contributed by atoms with Crippen molar-refractivity contribution < 1.29 is 14.6 Å². The summed E-state index contributed by atoms with van der Waals surface area (Å²) in [6.45, 7) is 0.362. The Kier molecular flexibility index (Phi) is 2.68. The van der Waals surface area contributed by atoms with Gasteiger partial charge < -0.3 is 15.2 Å². The molecule has 1 atom stereocenters. The fourth-order valence-electron chi connectivity index (χ4n) is 1.51. The van der Waals surface area contributed by atoms with Crippen molar-refractivity contribution in [3.05, 3.63) is 23.2 Å². The third-order valence-electron chi connectivity index (χ3n) is 2.16. The van der Waals surface area contributed by atoms with Crippen LogP contribution in [0.5, 0.6) is 5.75 Å². The van der Waals surface area contributed by atoms with Crippen LogP contribution in [-0.4, -0.2) is 23.7 Å². The third kappa shape index (κ3) is 2.33. The first-order chi connectivity index (χ1) is 7.15. The van der Waals surface area contributed by atoms with Gasteiger partial charge in [-0.2, -0.15) is 0 Å². The molecule has 1 aromatic rings. The summed E-state index contributed by atoms with van der Waals surface area (Å²) in [4.78, 5) is 10.5. The number of carboxylic acid groups (broad SMARTS) is 1. The Bertz CT molecular complexity index is 394. The Labute approximate surface area is 91.8 Å². The molecule has 15 heavy (non-hydrogen) atoms. The van der Waals surface area contributed by atoms with Gasteiger partial charge in [-0.1, -0.05) is 11.6 Å². The number of carbonyl (C=O) groups is 1. The second kappa shape index (κ2) is 3.98. The number of anilines is 1. The van der Waals surface area contributed by atoms with Gasteiger partial charge in [-0.15, -0.1) is 0 Å². The van der Waals surface area contributed by atoms with Crippen molar-refractivity contribution in [2.24, 2.45) is 0 Å². The fraction of sp³-hybridized carbons (Fsp3) is 0.300. The molecular formula is C10H10ClNO3. The van der Waals surface area contributed by atoms with Gasteiger partial charge >= 0.3 is 5.97 Å². The maximum atomic E-state index is 10.5. The summed E-state index contributed by atoms with van der Waals surface area (Å²) >= 11 is 5.82. The van der Waals surface area contributed by atoms with Crippen LogP contribution in [0.4, 0.5) is 5.69 Å². The van der Waals surface area contributed by atoms with Gasteiger partial charge in [0, 0.05) is 5.02 Å². The molecule has 4 nitrogen and oxygen atoms in total. The fourth-order valence-corrected chi connectivity index (χ4v) is 1.69. The van der Waals surface area contributed by atoms with Crippen molar-refractivity contribution in [1.82, 2.24) is 0 Å². The van der Waals surface area contributed by atoms with Gasteiger partial charge in [0.2, 0.25) is 0 Å². The Hall–Kier alpha value is -1.42. The van der Waals surface area contributed by atoms with Gasteiger partial charge in [-0.25, -0.2) is 0 Å². The highest BCUT2D eigenvalue weighted by atomic mass is 35.5. The highest BCUT2D eigenvalue weighted by Gasteiger charge is 2.20. The normalized spacial score (nSPS) is 18.6. The Morgan fingerprint density at radius 1 is 1.67 bits per heavy atom. The number of hydrogen-bond acceptors (Lipinski definition) is 3. The molecule has 0 fully saturated rings. The van der Waals surface area contributed by atoms with E-state index in [-0.39, 0.29) is 12.5 Å². The predicted molar refractivity (Wildman–Crippen MR) is 56.6 cm³/mol. The van der Waals surface area contributed by atoms with Gasteiger partial charge in [0.05, 0.1) is 18.2 Å². The van der Waals surface area contributed by atoms with Crippen molar-refractivity contribution >= 4 is 23.3 Å². The molecule has 0 saturated heterocycles. The number of aliphatic carboxylic acids is 1. The number of benzene rings is 1. The molecule has 0 radical (unpaired) electrons. The van der Waals surface area contributed by atoms with Crippen LogP contribution < -0.4 is 10.1 Å². The quantitative estimate of drug-likeness (QED) is 0.811. The molecule has 80 valence electrons. The zero-order valence-corrected chi connectivity index (χ0v) is 8.62.